The summed E-state index contributed by atoms with van der Waals surface area (Å²) in [6.07, 6.45) is 1.50. The van der Waals surface area contributed by atoms with E-state index >= 15 is 0 Å². The van der Waals surface area contributed by atoms with Crippen molar-refractivity contribution in [1.82, 2.24) is 10.2 Å². The number of nitrogens with one attached hydrogen (secondary N) is 2. The van der Waals surface area contributed by atoms with Gasteiger partial charge in [0.2, 0.25) is 10.0 Å². The van der Waals surface area contributed by atoms with Gasteiger partial charge in [0.05, 0.1) is 5.75 Å². The zero-order valence-electron chi connectivity index (χ0n) is 19.8. The molecule has 1 aliphatic rings. The van der Waals surface area contributed by atoms with Crippen molar-refractivity contribution in [1.29, 1.82) is 0 Å². The van der Waals surface area contributed by atoms with Gasteiger partial charge in [-0.1, -0.05) is 30.3 Å². The van der Waals surface area contributed by atoms with Gasteiger partial charge in [-0.2, -0.15) is 0 Å². The number of benzene rings is 3. The molecule has 1 atom stereocenters. The van der Waals surface area contributed by atoms with Crippen molar-refractivity contribution in [3.63, 3.8) is 0 Å². The lowest BCUT2D eigenvalue weighted by Gasteiger charge is -2.37. The Labute approximate surface area is 206 Å². The van der Waals surface area contributed by atoms with Gasteiger partial charge in [-0.15, -0.1) is 0 Å². The highest BCUT2D eigenvalue weighted by Gasteiger charge is 2.26. The first kappa shape index (κ1) is 25.3. The van der Waals surface area contributed by atoms with Crippen LogP contribution in [0.1, 0.15) is 29.2 Å². The molecule has 1 unspecified atom stereocenters. The van der Waals surface area contributed by atoms with Gasteiger partial charge in [0.15, 0.2) is 0 Å². The zero-order valence-corrected chi connectivity index (χ0v) is 20.6. The van der Waals surface area contributed by atoms with Crippen LogP contribution in [0.25, 0.3) is 0 Å². The molecule has 3 aromatic rings. The summed E-state index contributed by atoms with van der Waals surface area (Å²) in [5, 5.41) is 3.45. The molecule has 0 spiro atoms. The molecule has 1 aliphatic heterocycles. The summed E-state index contributed by atoms with van der Waals surface area (Å²) in [6.45, 7) is 4.48. The van der Waals surface area contributed by atoms with Gasteiger partial charge in [-0.3, -0.25) is 9.62 Å². The summed E-state index contributed by atoms with van der Waals surface area (Å²) < 4.78 is 53.4. The lowest BCUT2D eigenvalue weighted by molar-refractivity contribution is 0.170. The number of hydrogen-bond donors (Lipinski definition) is 2. The van der Waals surface area contributed by atoms with E-state index in [4.69, 9.17) is 0 Å². The van der Waals surface area contributed by atoms with E-state index in [0.29, 0.717) is 12.2 Å². The highest BCUT2D eigenvalue weighted by Crippen LogP contribution is 2.26. The van der Waals surface area contributed by atoms with Crippen LogP contribution in [0.5, 0.6) is 0 Å². The van der Waals surface area contributed by atoms with Crippen LogP contribution < -0.4 is 10.0 Å². The lowest BCUT2D eigenvalue weighted by Crippen LogP contribution is -2.44. The van der Waals surface area contributed by atoms with Crippen LogP contribution in [0.15, 0.2) is 66.7 Å². The van der Waals surface area contributed by atoms with Gasteiger partial charge in [-0.05, 0) is 78.4 Å². The summed E-state index contributed by atoms with van der Waals surface area (Å²) in [6, 6.07) is 19.1. The SMILES string of the molecule is CCS(=O)(=O)Nc1cccc(CNCCN2Cc3ccc(F)cc3CC2Cc2ccc(F)cc2)c1. The number of nitrogens with zero attached hydrogens (tertiary/aromatic N) is 1. The fourth-order valence-corrected chi connectivity index (χ4v) is 5.11. The Bertz CT molecular complexity index is 1250. The Morgan fingerprint density at radius 2 is 1.71 bits per heavy atom. The highest BCUT2D eigenvalue weighted by atomic mass is 32.2. The van der Waals surface area contributed by atoms with E-state index in [1.807, 2.05) is 36.4 Å². The molecule has 2 N–H and O–H groups in total. The second-order valence-electron chi connectivity index (χ2n) is 8.95. The number of sulfonamides is 1. The molecular weight excluding hydrogens is 468 g/mol. The van der Waals surface area contributed by atoms with Crippen molar-refractivity contribution >= 4 is 15.7 Å². The van der Waals surface area contributed by atoms with Crippen LogP contribution in [-0.2, 0) is 36.0 Å². The Kier molecular flexibility index (Phi) is 8.15. The molecule has 0 radical (unpaired) electrons. The average Bonchev–Trinajstić information content (AvgIpc) is 2.83. The second-order valence-corrected chi connectivity index (χ2v) is 11.0. The largest absolute Gasteiger partial charge is 0.311 e. The maximum atomic E-state index is 13.8. The summed E-state index contributed by atoms with van der Waals surface area (Å²) in [4.78, 5) is 2.39. The Morgan fingerprint density at radius 1 is 0.943 bits per heavy atom. The number of rotatable bonds is 10. The molecule has 0 aliphatic carbocycles. The van der Waals surface area contributed by atoms with Crippen LogP contribution in [0, 0.1) is 11.6 Å². The molecule has 0 aromatic heterocycles. The Balaban J connectivity index is 1.38. The van der Waals surface area contributed by atoms with E-state index in [1.165, 1.54) is 18.2 Å². The van der Waals surface area contributed by atoms with E-state index in [9.17, 15) is 17.2 Å². The van der Waals surface area contributed by atoms with Crippen molar-refractivity contribution in [2.24, 2.45) is 0 Å². The van der Waals surface area contributed by atoms with Crippen molar-refractivity contribution in [3.05, 3.63) is 101 Å². The number of halogens is 2. The summed E-state index contributed by atoms with van der Waals surface area (Å²) in [7, 11) is -3.31. The third-order valence-electron chi connectivity index (χ3n) is 6.38. The summed E-state index contributed by atoms with van der Waals surface area (Å²) >= 11 is 0. The van der Waals surface area contributed by atoms with Crippen LogP contribution in [-0.4, -0.2) is 38.2 Å². The van der Waals surface area contributed by atoms with Crippen molar-refractivity contribution in [2.45, 2.75) is 38.9 Å². The predicted octanol–water partition coefficient (Wildman–Crippen LogP) is 4.49. The molecular formula is C27H31F2N3O2S. The third kappa shape index (κ3) is 7.10. The average molecular weight is 500 g/mol. The first-order valence-corrected chi connectivity index (χ1v) is 13.5. The zero-order chi connectivity index (χ0) is 24.8. The molecule has 1 heterocycles. The van der Waals surface area contributed by atoms with E-state index in [-0.39, 0.29) is 23.4 Å². The molecule has 5 nitrogen and oxygen atoms in total. The van der Waals surface area contributed by atoms with Crippen molar-refractivity contribution in [3.8, 4) is 0 Å². The fourth-order valence-electron chi connectivity index (χ4n) is 4.48. The molecule has 8 heteroatoms. The normalized spacial score (nSPS) is 16.1. The monoisotopic (exact) mass is 499 g/mol. The van der Waals surface area contributed by atoms with E-state index in [2.05, 4.69) is 14.9 Å². The van der Waals surface area contributed by atoms with Gasteiger partial charge in [0.25, 0.3) is 0 Å². The maximum Gasteiger partial charge on any atom is 0.232 e. The Morgan fingerprint density at radius 3 is 2.49 bits per heavy atom. The van der Waals surface area contributed by atoms with Crippen LogP contribution in [0.2, 0.25) is 0 Å². The molecule has 3 aromatic carbocycles. The standard InChI is InChI=1S/C27H31F2N3O2S/c1-2-35(33,34)31-26-5-3-4-21(14-26)18-30-12-13-32-19-22-8-11-25(29)16-23(22)17-27(32)15-20-6-9-24(28)10-7-20/h3-11,14,16,27,30-31H,2,12-13,15,17-19H2,1H3. The maximum absolute atomic E-state index is 13.8. The molecule has 0 saturated heterocycles. The quantitative estimate of drug-likeness (QED) is 0.404. The molecule has 186 valence electrons. The minimum absolute atomic E-state index is 0.0279. The molecule has 0 fully saturated rings. The van der Waals surface area contributed by atoms with E-state index in [1.54, 1.807) is 19.1 Å². The third-order valence-corrected chi connectivity index (χ3v) is 7.69. The van der Waals surface area contributed by atoms with Crippen molar-refractivity contribution < 1.29 is 17.2 Å². The number of hydrogen-bond acceptors (Lipinski definition) is 4. The number of fused-ring (bicyclic) bond motifs is 1. The minimum Gasteiger partial charge on any atom is -0.311 e. The van der Waals surface area contributed by atoms with Crippen molar-refractivity contribution in [2.75, 3.05) is 23.6 Å². The molecule has 0 amide bonds. The van der Waals surface area contributed by atoms with Gasteiger partial charge in [-0.25, -0.2) is 17.2 Å². The van der Waals surface area contributed by atoms with Crippen LogP contribution in [0.3, 0.4) is 0 Å². The Hall–Kier alpha value is -2.81. The van der Waals surface area contributed by atoms with Gasteiger partial charge in [0.1, 0.15) is 11.6 Å². The molecule has 0 bridgehead atoms. The number of anilines is 1. The highest BCUT2D eigenvalue weighted by molar-refractivity contribution is 7.92. The van der Waals surface area contributed by atoms with E-state index in [0.717, 1.165) is 54.7 Å². The summed E-state index contributed by atoms with van der Waals surface area (Å²) in [5.41, 5.74) is 4.78. The fraction of sp³-hybridized carbons (Fsp3) is 0.333. The predicted molar refractivity (Wildman–Crippen MR) is 136 cm³/mol. The summed E-state index contributed by atoms with van der Waals surface area (Å²) in [5.74, 6) is -0.444. The molecule has 0 saturated carbocycles. The topological polar surface area (TPSA) is 61.4 Å². The van der Waals surface area contributed by atoms with Crippen LogP contribution in [0.4, 0.5) is 14.5 Å². The van der Waals surface area contributed by atoms with Gasteiger partial charge >= 0.3 is 0 Å². The first-order valence-electron chi connectivity index (χ1n) is 11.9. The van der Waals surface area contributed by atoms with Gasteiger partial charge in [0, 0.05) is 37.9 Å². The van der Waals surface area contributed by atoms with Crippen LogP contribution >= 0.6 is 0 Å². The van der Waals surface area contributed by atoms with Gasteiger partial charge < -0.3 is 5.32 Å². The lowest BCUT2D eigenvalue weighted by atomic mass is 9.90. The second kappa shape index (κ2) is 11.3. The van der Waals surface area contributed by atoms with E-state index < -0.39 is 10.0 Å². The molecule has 35 heavy (non-hydrogen) atoms. The smallest absolute Gasteiger partial charge is 0.232 e. The minimum atomic E-state index is -3.31. The molecule has 4 rings (SSSR count). The first-order chi connectivity index (χ1) is 16.8.